The van der Waals surface area contributed by atoms with Crippen molar-refractivity contribution in [2.24, 2.45) is 4.99 Å². The van der Waals surface area contributed by atoms with Crippen LogP contribution in [-0.2, 0) is 0 Å². The van der Waals surface area contributed by atoms with Crippen LogP contribution in [0.1, 0.15) is 0 Å². The van der Waals surface area contributed by atoms with Gasteiger partial charge in [-0.05, 0) is 12.1 Å². The molecule has 1 aromatic carbocycles. The van der Waals surface area contributed by atoms with Gasteiger partial charge in [-0.3, -0.25) is 0 Å². The van der Waals surface area contributed by atoms with Gasteiger partial charge in [0, 0.05) is 0 Å². The van der Waals surface area contributed by atoms with Crippen LogP contribution in [0.4, 0.5) is 5.69 Å². The van der Waals surface area contributed by atoms with Crippen LogP contribution in [0.2, 0.25) is 5.02 Å². The number of benzene rings is 1. The maximum Gasteiger partial charge on any atom is 0.132 e. The van der Waals surface area contributed by atoms with E-state index >= 15 is 0 Å². The molecule has 0 radical (unpaired) electrons. The van der Waals surface area contributed by atoms with Crippen LogP contribution < -0.4 is 0 Å². The summed E-state index contributed by atoms with van der Waals surface area (Å²) in [6.07, 6.45) is 0. The first kappa shape index (κ1) is 8.48. The van der Waals surface area contributed by atoms with Gasteiger partial charge < -0.3 is 0 Å². The van der Waals surface area contributed by atoms with Gasteiger partial charge in [0.05, 0.1) is 15.8 Å². The number of halogens is 1. The lowest BCUT2D eigenvalue weighted by molar-refractivity contribution is 1.54. The Morgan fingerprint density at radius 2 is 2.00 bits per heavy atom. The molecule has 1 aliphatic rings. The minimum atomic E-state index is 0.720. The lowest BCUT2D eigenvalue weighted by atomic mass is 10.3. The summed E-state index contributed by atoms with van der Waals surface area (Å²) < 4.78 is 1.11. The van der Waals surface area contributed by atoms with Crippen LogP contribution in [0, 0.1) is 0 Å². The van der Waals surface area contributed by atoms with Gasteiger partial charge in [-0.1, -0.05) is 47.3 Å². The second-order valence-electron chi connectivity index (χ2n) is 2.24. The zero-order valence-corrected chi connectivity index (χ0v) is 8.55. The molecule has 0 spiro atoms. The van der Waals surface area contributed by atoms with Crippen molar-refractivity contribution in [2.45, 2.75) is 0 Å². The van der Waals surface area contributed by atoms with E-state index < -0.39 is 0 Å². The molecule has 1 nitrogen and oxygen atoms in total. The standard InChI is InChI=1S/C8H6ClNS2/c9-6-3-1-2-4-7(6)10-8-11-5-12-8/h1-4H,5H2. The van der Waals surface area contributed by atoms with Crippen LogP contribution in [0.15, 0.2) is 29.3 Å². The van der Waals surface area contributed by atoms with E-state index in [0.29, 0.717) is 0 Å². The maximum atomic E-state index is 5.92. The first-order valence-electron chi connectivity index (χ1n) is 3.45. The Kier molecular flexibility index (Phi) is 2.63. The van der Waals surface area contributed by atoms with E-state index in [1.165, 1.54) is 0 Å². The lowest BCUT2D eigenvalue weighted by Crippen LogP contribution is -1.96. The zero-order chi connectivity index (χ0) is 8.39. The van der Waals surface area contributed by atoms with Crippen molar-refractivity contribution in [1.82, 2.24) is 0 Å². The Labute approximate surface area is 84.6 Å². The highest BCUT2D eigenvalue weighted by Crippen LogP contribution is 2.36. The van der Waals surface area contributed by atoms with E-state index in [1.807, 2.05) is 24.3 Å². The van der Waals surface area contributed by atoms with Crippen LogP contribution in [0.3, 0.4) is 0 Å². The summed E-state index contributed by atoms with van der Waals surface area (Å²) in [5.74, 6) is 0. The zero-order valence-electron chi connectivity index (χ0n) is 6.16. The third kappa shape index (κ3) is 1.79. The normalized spacial score (nSPS) is 15.6. The molecule has 2 rings (SSSR count). The van der Waals surface area contributed by atoms with Crippen molar-refractivity contribution in [3.05, 3.63) is 29.3 Å². The third-order valence-corrected chi connectivity index (χ3v) is 4.07. The predicted molar refractivity (Wildman–Crippen MR) is 58.6 cm³/mol. The van der Waals surface area contributed by atoms with Crippen LogP contribution in [0.25, 0.3) is 0 Å². The predicted octanol–water partition coefficient (Wildman–Crippen LogP) is 3.77. The van der Waals surface area contributed by atoms with Crippen molar-refractivity contribution in [3.8, 4) is 0 Å². The number of nitrogens with zero attached hydrogens (tertiary/aromatic N) is 1. The molecule has 0 saturated carbocycles. The SMILES string of the molecule is Clc1ccccc1N=C1SCS1. The molecule has 0 amide bonds. The van der Waals surface area contributed by atoms with Crippen molar-refractivity contribution in [2.75, 3.05) is 5.08 Å². The highest BCUT2D eigenvalue weighted by molar-refractivity contribution is 8.52. The Morgan fingerprint density at radius 3 is 2.58 bits per heavy atom. The van der Waals surface area contributed by atoms with Gasteiger partial charge in [0.1, 0.15) is 4.38 Å². The monoisotopic (exact) mass is 215 g/mol. The average molecular weight is 216 g/mol. The molecular formula is C8H6ClNS2. The van der Waals surface area contributed by atoms with Gasteiger partial charge in [0.2, 0.25) is 0 Å². The summed E-state index contributed by atoms with van der Waals surface area (Å²) in [7, 11) is 0. The molecule has 1 saturated heterocycles. The quantitative estimate of drug-likeness (QED) is 0.707. The summed E-state index contributed by atoms with van der Waals surface area (Å²) in [6, 6.07) is 7.63. The molecule has 0 unspecified atom stereocenters. The Bertz CT molecular complexity index is 319. The van der Waals surface area contributed by atoms with Crippen molar-refractivity contribution < 1.29 is 0 Å². The summed E-state index contributed by atoms with van der Waals surface area (Å²) >= 11 is 9.45. The molecule has 1 aromatic rings. The van der Waals surface area contributed by atoms with Crippen LogP contribution in [-0.4, -0.2) is 9.46 Å². The smallest absolute Gasteiger partial charge is 0.132 e. The Hall–Kier alpha value is -0.120. The number of hydrogen-bond acceptors (Lipinski definition) is 3. The highest BCUT2D eigenvalue weighted by Gasteiger charge is 2.12. The largest absolute Gasteiger partial charge is 0.233 e. The van der Waals surface area contributed by atoms with Crippen molar-refractivity contribution in [1.29, 1.82) is 0 Å². The van der Waals surface area contributed by atoms with Crippen molar-refractivity contribution >= 4 is 45.2 Å². The first-order valence-corrected chi connectivity index (χ1v) is 5.80. The molecule has 0 N–H and O–H groups in total. The fourth-order valence-corrected chi connectivity index (χ4v) is 2.21. The molecule has 0 aliphatic carbocycles. The van der Waals surface area contributed by atoms with Gasteiger partial charge in [0.15, 0.2) is 0 Å². The second-order valence-corrected chi connectivity index (χ2v) is 5.19. The molecule has 0 aromatic heterocycles. The molecule has 1 heterocycles. The van der Waals surface area contributed by atoms with Crippen LogP contribution in [0.5, 0.6) is 0 Å². The van der Waals surface area contributed by atoms with Gasteiger partial charge in [-0.25, -0.2) is 4.99 Å². The number of hydrogen-bond donors (Lipinski definition) is 0. The number of para-hydroxylation sites is 1. The molecule has 0 atom stereocenters. The summed E-state index contributed by atoms with van der Waals surface area (Å²) in [5, 5.41) is 1.83. The number of thioether (sulfide) groups is 2. The van der Waals surface area contributed by atoms with E-state index in [4.69, 9.17) is 11.6 Å². The van der Waals surface area contributed by atoms with Crippen molar-refractivity contribution in [3.63, 3.8) is 0 Å². The highest BCUT2D eigenvalue weighted by atomic mass is 35.5. The molecule has 1 aliphatic heterocycles. The van der Waals surface area contributed by atoms with E-state index in [-0.39, 0.29) is 0 Å². The summed E-state index contributed by atoms with van der Waals surface area (Å²) in [4.78, 5) is 4.37. The van der Waals surface area contributed by atoms with Gasteiger partial charge in [0.25, 0.3) is 0 Å². The minimum Gasteiger partial charge on any atom is -0.233 e. The van der Waals surface area contributed by atoms with Gasteiger partial charge in [-0.2, -0.15) is 0 Å². The topological polar surface area (TPSA) is 12.4 Å². The third-order valence-electron chi connectivity index (χ3n) is 1.43. The number of rotatable bonds is 1. The summed E-state index contributed by atoms with van der Waals surface area (Å²) in [6.45, 7) is 0. The number of aliphatic imine (C=N–C) groups is 1. The van der Waals surface area contributed by atoms with E-state index in [2.05, 4.69) is 4.99 Å². The second kappa shape index (κ2) is 3.73. The molecule has 1 fully saturated rings. The van der Waals surface area contributed by atoms with Gasteiger partial charge >= 0.3 is 0 Å². The van der Waals surface area contributed by atoms with E-state index in [9.17, 15) is 0 Å². The molecule has 62 valence electrons. The summed E-state index contributed by atoms with van der Waals surface area (Å²) in [5.41, 5.74) is 0.869. The molecule has 12 heavy (non-hydrogen) atoms. The van der Waals surface area contributed by atoms with Crippen LogP contribution >= 0.6 is 35.1 Å². The fourth-order valence-electron chi connectivity index (χ4n) is 0.817. The Morgan fingerprint density at radius 1 is 1.25 bits per heavy atom. The fraction of sp³-hybridized carbons (Fsp3) is 0.125. The molecule has 0 bridgehead atoms. The average Bonchev–Trinajstić information content (AvgIpc) is 2.00. The first-order chi connectivity index (χ1) is 5.86. The molecular weight excluding hydrogens is 210 g/mol. The van der Waals surface area contributed by atoms with Gasteiger partial charge in [-0.15, -0.1) is 0 Å². The van der Waals surface area contributed by atoms with E-state index in [0.717, 1.165) is 20.2 Å². The maximum absolute atomic E-state index is 5.92. The lowest BCUT2D eigenvalue weighted by Gasteiger charge is -2.12. The Balaban J connectivity index is 2.27. The minimum absolute atomic E-state index is 0.720. The molecule has 4 heteroatoms. The van der Waals surface area contributed by atoms with E-state index in [1.54, 1.807) is 23.5 Å².